The number of benzene rings is 2. The first-order chi connectivity index (χ1) is 9.63. The minimum atomic E-state index is -0.586. The summed E-state index contributed by atoms with van der Waals surface area (Å²) >= 11 is 5.91. The molecule has 0 fully saturated rings. The lowest BCUT2D eigenvalue weighted by molar-refractivity contribution is 0.103. The van der Waals surface area contributed by atoms with Gasteiger partial charge in [0.15, 0.2) is 5.78 Å². The first-order valence-corrected chi connectivity index (χ1v) is 7.09. The summed E-state index contributed by atoms with van der Waals surface area (Å²) in [5, 5.41) is 0.144. The summed E-state index contributed by atoms with van der Waals surface area (Å²) in [7, 11) is 0. The molecule has 0 saturated heterocycles. The van der Waals surface area contributed by atoms with Gasteiger partial charge in [0.2, 0.25) is 0 Å². The summed E-state index contributed by atoms with van der Waals surface area (Å²) in [5.41, 5.74) is 1.58. The maximum atomic E-state index is 13.7. The van der Waals surface area contributed by atoms with E-state index < -0.39 is 5.82 Å². The zero-order valence-corrected chi connectivity index (χ0v) is 12.1. The number of hydrogen-bond acceptors (Lipinski definition) is 1. The summed E-state index contributed by atoms with van der Waals surface area (Å²) in [6.07, 6.45) is 3.24. The van der Waals surface area contributed by atoms with Gasteiger partial charge in [-0.2, -0.15) is 0 Å². The van der Waals surface area contributed by atoms with Gasteiger partial charge >= 0.3 is 0 Å². The van der Waals surface area contributed by atoms with Gasteiger partial charge in [-0.3, -0.25) is 4.79 Å². The third kappa shape index (κ3) is 3.26. The second-order valence-electron chi connectivity index (χ2n) is 4.73. The van der Waals surface area contributed by atoms with Gasteiger partial charge in [0, 0.05) is 5.56 Å². The molecule has 0 aliphatic heterocycles. The van der Waals surface area contributed by atoms with E-state index in [2.05, 4.69) is 6.92 Å². The molecule has 0 heterocycles. The molecule has 2 aromatic carbocycles. The Morgan fingerprint density at radius 1 is 1.15 bits per heavy atom. The SMILES string of the molecule is CCCCc1ccc(C(=O)c2c(F)cccc2Cl)cc1. The third-order valence-electron chi connectivity index (χ3n) is 3.22. The van der Waals surface area contributed by atoms with Crippen LogP contribution in [0.15, 0.2) is 42.5 Å². The number of halogens is 2. The van der Waals surface area contributed by atoms with E-state index in [1.54, 1.807) is 12.1 Å². The predicted molar refractivity (Wildman–Crippen MR) is 79.9 cm³/mol. The van der Waals surface area contributed by atoms with Crippen molar-refractivity contribution in [3.8, 4) is 0 Å². The number of carbonyl (C=O) groups is 1. The molecule has 20 heavy (non-hydrogen) atoms. The van der Waals surface area contributed by atoms with Gasteiger partial charge in [0.05, 0.1) is 10.6 Å². The van der Waals surface area contributed by atoms with Crippen LogP contribution in [0, 0.1) is 5.82 Å². The van der Waals surface area contributed by atoms with Crippen LogP contribution in [0.5, 0.6) is 0 Å². The van der Waals surface area contributed by atoms with E-state index >= 15 is 0 Å². The third-order valence-corrected chi connectivity index (χ3v) is 3.54. The van der Waals surface area contributed by atoms with Crippen LogP contribution in [0.2, 0.25) is 5.02 Å². The summed E-state index contributed by atoms with van der Waals surface area (Å²) < 4.78 is 13.7. The minimum Gasteiger partial charge on any atom is -0.288 e. The van der Waals surface area contributed by atoms with Crippen LogP contribution in [0.4, 0.5) is 4.39 Å². The monoisotopic (exact) mass is 290 g/mol. The van der Waals surface area contributed by atoms with Crippen LogP contribution in [0.3, 0.4) is 0 Å². The van der Waals surface area contributed by atoms with Gasteiger partial charge in [-0.15, -0.1) is 0 Å². The number of unbranched alkanes of at least 4 members (excludes halogenated alkanes) is 1. The second-order valence-corrected chi connectivity index (χ2v) is 5.13. The Kier molecular flexibility index (Phi) is 4.91. The number of rotatable bonds is 5. The molecule has 0 aromatic heterocycles. The summed E-state index contributed by atoms with van der Waals surface area (Å²) in [4.78, 5) is 12.3. The molecule has 0 saturated carbocycles. The number of ketones is 1. The van der Waals surface area contributed by atoms with Crippen LogP contribution in [0.1, 0.15) is 41.3 Å². The molecular formula is C17H16ClFO. The molecule has 0 atom stereocenters. The van der Waals surface area contributed by atoms with Crippen molar-refractivity contribution < 1.29 is 9.18 Å². The molecule has 0 spiro atoms. The highest BCUT2D eigenvalue weighted by Gasteiger charge is 2.17. The fourth-order valence-corrected chi connectivity index (χ4v) is 2.31. The molecular weight excluding hydrogens is 275 g/mol. The maximum Gasteiger partial charge on any atom is 0.197 e. The minimum absolute atomic E-state index is 0.0597. The molecule has 0 amide bonds. The van der Waals surface area contributed by atoms with E-state index in [0.29, 0.717) is 5.56 Å². The maximum absolute atomic E-state index is 13.7. The van der Waals surface area contributed by atoms with Crippen molar-refractivity contribution in [2.75, 3.05) is 0 Å². The molecule has 0 N–H and O–H groups in total. The van der Waals surface area contributed by atoms with Crippen LogP contribution >= 0.6 is 11.6 Å². The summed E-state index contributed by atoms with van der Waals surface area (Å²) in [6.45, 7) is 2.14. The zero-order chi connectivity index (χ0) is 14.5. The molecule has 1 nitrogen and oxygen atoms in total. The van der Waals surface area contributed by atoms with Crippen LogP contribution < -0.4 is 0 Å². The largest absolute Gasteiger partial charge is 0.288 e. The molecule has 2 aromatic rings. The van der Waals surface area contributed by atoms with Gasteiger partial charge < -0.3 is 0 Å². The summed E-state index contributed by atoms with van der Waals surface area (Å²) in [6, 6.07) is 11.5. The highest BCUT2D eigenvalue weighted by Crippen LogP contribution is 2.22. The smallest absolute Gasteiger partial charge is 0.197 e. The Hall–Kier alpha value is -1.67. The van der Waals surface area contributed by atoms with Crippen molar-refractivity contribution in [1.82, 2.24) is 0 Å². The lowest BCUT2D eigenvalue weighted by Crippen LogP contribution is -2.05. The standard InChI is InChI=1S/C17H16ClFO/c1-2-3-5-12-8-10-13(11-9-12)17(20)16-14(18)6-4-7-15(16)19/h4,6-11H,2-3,5H2,1H3. The van der Waals surface area contributed by atoms with Crippen molar-refractivity contribution in [3.05, 3.63) is 70.0 Å². The van der Waals surface area contributed by atoms with Gasteiger partial charge in [0.1, 0.15) is 5.82 Å². The highest BCUT2D eigenvalue weighted by molar-refractivity contribution is 6.35. The predicted octanol–water partition coefficient (Wildman–Crippen LogP) is 5.05. The number of hydrogen-bond donors (Lipinski definition) is 0. The molecule has 0 unspecified atom stereocenters. The van der Waals surface area contributed by atoms with Crippen LogP contribution in [-0.4, -0.2) is 5.78 Å². The van der Waals surface area contributed by atoms with E-state index in [9.17, 15) is 9.18 Å². The van der Waals surface area contributed by atoms with Crippen molar-refractivity contribution in [3.63, 3.8) is 0 Å². The van der Waals surface area contributed by atoms with Crippen molar-refractivity contribution >= 4 is 17.4 Å². The van der Waals surface area contributed by atoms with E-state index in [1.165, 1.54) is 23.8 Å². The van der Waals surface area contributed by atoms with E-state index in [0.717, 1.165) is 19.3 Å². The Labute approximate surface area is 123 Å². The van der Waals surface area contributed by atoms with E-state index in [4.69, 9.17) is 11.6 Å². The first-order valence-electron chi connectivity index (χ1n) is 6.71. The van der Waals surface area contributed by atoms with Crippen LogP contribution in [-0.2, 0) is 6.42 Å². The van der Waals surface area contributed by atoms with Crippen molar-refractivity contribution in [1.29, 1.82) is 0 Å². The normalized spacial score (nSPS) is 10.6. The van der Waals surface area contributed by atoms with Gasteiger partial charge in [-0.05, 0) is 30.5 Å². The van der Waals surface area contributed by atoms with Crippen LogP contribution in [0.25, 0.3) is 0 Å². The second kappa shape index (κ2) is 6.67. The fraction of sp³-hybridized carbons (Fsp3) is 0.235. The Bertz CT molecular complexity index is 585. The Morgan fingerprint density at radius 3 is 2.45 bits per heavy atom. The van der Waals surface area contributed by atoms with Gasteiger partial charge in [0.25, 0.3) is 0 Å². The Morgan fingerprint density at radius 2 is 1.85 bits per heavy atom. The molecule has 0 aliphatic rings. The molecule has 0 radical (unpaired) electrons. The molecule has 2 rings (SSSR count). The van der Waals surface area contributed by atoms with E-state index in [-0.39, 0.29) is 16.4 Å². The molecule has 0 aliphatic carbocycles. The summed E-state index contributed by atoms with van der Waals surface area (Å²) in [5.74, 6) is -0.965. The number of carbonyl (C=O) groups excluding carboxylic acids is 1. The molecule has 3 heteroatoms. The highest BCUT2D eigenvalue weighted by atomic mass is 35.5. The first kappa shape index (κ1) is 14.7. The number of aryl methyl sites for hydroxylation is 1. The van der Waals surface area contributed by atoms with E-state index in [1.807, 2.05) is 12.1 Å². The van der Waals surface area contributed by atoms with Gasteiger partial charge in [-0.25, -0.2) is 4.39 Å². The van der Waals surface area contributed by atoms with Gasteiger partial charge in [-0.1, -0.05) is 55.3 Å². The lowest BCUT2D eigenvalue weighted by Gasteiger charge is -2.06. The van der Waals surface area contributed by atoms with Crippen molar-refractivity contribution in [2.24, 2.45) is 0 Å². The topological polar surface area (TPSA) is 17.1 Å². The molecule has 104 valence electrons. The Balaban J connectivity index is 2.25. The average Bonchev–Trinajstić information content (AvgIpc) is 2.45. The molecule has 0 bridgehead atoms. The zero-order valence-electron chi connectivity index (χ0n) is 11.3. The van der Waals surface area contributed by atoms with Crippen molar-refractivity contribution in [2.45, 2.75) is 26.2 Å². The fourth-order valence-electron chi connectivity index (χ4n) is 2.06. The lowest BCUT2D eigenvalue weighted by atomic mass is 10.00. The average molecular weight is 291 g/mol. The quantitative estimate of drug-likeness (QED) is 0.704.